The molecule has 1 heterocycles. The quantitative estimate of drug-likeness (QED) is 0.447. The lowest BCUT2D eigenvalue weighted by Gasteiger charge is -2.33. The molecule has 0 bridgehead atoms. The Bertz CT molecular complexity index is 1180. The number of methoxy groups -OCH3 is 1. The van der Waals surface area contributed by atoms with E-state index in [1.165, 1.54) is 6.07 Å². The van der Waals surface area contributed by atoms with Gasteiger partial charge in [-0.15, -0.1) is 0 Å². The molecule has 31 heavy (non-hydrogen) atoms. The molecule has 2 N–H and O–H groups in total. The molecule has 1 unspecified atom stereocenters. The molecule has 3 aromatic rings. The normalized spacial score (nSPS) is 17.1. The number of nitrogens with one attached hydrogen (secondary N) is 1. The van der Waals surface area contributed by atoms with Crippen molar-refractivity contribution in [1.29, 1.82) is 0 Å². The molecule has 0 saturated carbocycles. The first kappa shape index (κ1) is 20.9. The molecule has 1 aliphatic rings. The van der Waals surface area contributed by atoms with Gasteiger partial charge in [-0.1, -0.05) is 29.8 Å². The monoisotopic (exact) mass is 438 g/mol. The summed E-state index contributed by atoms with van der Waals surface area (Å²) in [6, 6.07) is 15.9. The molecule has 0 fully saturated rings. The number of halogens is 1. The first-order valence-electron chi connectivity index (χ1n) is 9.73. The standard InChI is InChI=1S/C24H23ClN2O4/c1-26-20-12-18(21(28)13-19(20)25)24(16-8-6-5-7-15(16)23(29)31-24)17-10-9-14(27(2)3)11-22(17)30-4/h5-13,26,28H,1-4H3. The van der Waals surface area contributed by atoms with Crippen molar-refractivity contribution in [1.82, 2.24) is 0 Å². The molecular weight excluding hydrogens is 416 g/mol. The van der Waals surface area contributed by atoms with Gasteiger partial charge >= 0.3 is 5.97 Å². The van der Waals surface area contributed by atoms with Crippen molar-refractivity contribution in [3.63, 3.8) is 0 Å². The van der Waals surface area contributed by atoms with Crippen LogP contribution in [0, 0.1) is 0 Å². The average molecular weight is 439 g/mol. The third-order valence-corrected chi connectivity index (χ3v) is 5.90. The summed E-state index contributed by atoms with van der Waals surface area (Å²) in [5.74, 6) is -0.0435. The van der Waals surface area contributed by atoms with Gasteiger partial charge in [0.05, 0.1) is 23.4 Å². The van der Waals surface area contributed by atoms with Crippen molar-refractivity contribution < 1.29 is 19.4 Å². The van der Waals surface area contributed by atoms with Crippen molar-refractivity contribution in [3.8, 4) is 11.5 Å². The van der Waals surface area contributed by atoms with Gasteiger partial charge in [-0.25, -0.2) is 4.79 Å². The number of hydrogen-bond donors (Lipinski definition) is 2. The van der Waals surface area contributed by atoms with E-state index in [0.29, 0.717) is 38.7 Å². The highest BCUT2D eigenvalue weighted by molar-refractivity contribution is 6.33. The number of rotatable bonds is 5. The fourth-order valence-electron chi connectivity index (χ4n) is 4.05. The van der Waals surface area contributed by atoms with Crippen LogP contribution in [0.2, 0.25) is 5.02 Å². The molecule has 0 spiro atoms. The van der Waals surface area contributed by atoms with Crippen LogP contribution in [0.1, 0.15) is 27.0 Å². The lowest BCUT2D eigenvalue weighted by atomic mass is 9.78. The number of carbonyl (C=O) groups excluding carboxylic acids is 1. The van der Waals surface area contributed by atoms with Gasteiger partial charge in [0.2, 0.25) is 0 Å². The predicted molar refractivity (Wildman–Crippen MR) is 122 cm³/mol. The number of hydrogen-bond acceptors (Lipinski definition) is 6. The van der Waals surface area contributed by atoms with Gasteiger partial charge in [0.15, 0.2) is 5.60 Å². The topological polar surface area (TPSA) is 71.0 Å². The van der Waals surface area contributed by atoms with E-state index in [-0.39, 0.29) is 5.75 Å². The molecule has 0 aromatic heterocycles. The Morgan fingerprint density at radius 3 is 2.48 bits per heavy atom. The van der Waals surface area contributed by atoms with E-state index in [1.807, 2.05) is 49.3 Å². The van der Waals surface area contributed by atoms with Gasteiger partial charge in [-0.2, -0.15) is 0 Å². The van der Waals surface area contributed by atoms with Crippen molar-refractivity contribution in [2.75, 3.05) is 38.5 Å². The molecule has 0 amide bonds. The minimum Gasteiger partial charge on any atom is -0.507 e. The predicted octanol–water partition coefficient (Wildman–Crippen LogP) is 4.62. The second kappa shape index (κ2) is 7.71. The van der Waals surface area contributed by atoms with Gasteiger partial charge in [0.1, 0.15) is 11.5 Å². The first-order chi connectivity index (χ1) is 14.8. The number of ether oxygens (including phenoxy) is 2. The zero-order valence-electron chi connectivity index (χ0n) is 17.7. The second-order valence-corrected chi connectivity index (χ2v) is 7.90. The van der Waals surface area contributed by atoms with Gasteiger partial charge in [0, 0.05) is 55.7 Å². The van der Waals surface area contributed by atoms with E-state index in [0.717, 1.165) is 5.69 Å². The maximum atomic E-state index is 12.9. The minimum absolute atomic E-state index is 0.0905. The highest BCUT2D eigenvalue weighted by atomic mass is 35.5. The molecule has 6 nitrogen and oxygen atoms in total. The Labute approximate surface area is 186 Å². The van der Waals surface area contributed by atoms with E-state index >= 15 is 0 Å². The number of carbonyl (C=O) groups is 1. The molecular formula is C24H23ClN2O4. The summed E-state index contributed by atoms with van der Waals surface area (Å²) in [7, 11) is 7.16. The molecule has 1 aliphatic heterocycles. The summed E-state index contributed by atoms with van der Waals surface area (Å²) in [6.07, 6.45) is 0. The Kier molecular flexibility index (Phi) is 5.19. The fourth-order valence-corrected chi connectivity index (χ4v) is 4.30. The Balaban J connectivity index is 2.11. The van der Waals surface area contributed by atoms with Crippen molar-refractivity contribution in [3.05, 3.63) is 81.9 Å². The lowest BCUT2D eigenvalue weighted by Crippen LogP contribution is -2.30. The van der Waals surface area contributed by atoms with Crippen LogP contribution in [0.5, 0.6) is 11.5 Å². The summed E-state index contributed by atoms with van der Waals surface area (Å²) >= 11 is 6.28. The number of phenols is 1. The highest BCUT2D eigenvalue weighted by Crippen LogP contribution is 2.53. The summed E-state index contributed by atoms with van der Waals surface area (Å²) in [5, 5.41) is 14.3. The number of anilines is 2. The maximum Gasteiger partial charge on any atom is 0.340 e. The largest absolute Gasteiger partial charge is 0.507 e. The SMILES string of the molecule is CNc1cc(C2(c3ccc(N(C)C)cc3OC)OC(=O)c3ccccc32)c(O)cc1Cl. The van der Waals surface area contributed by atoms with E-state index < -0.39 is 11.6 Å². The van der Waals surface area contributed by atoms with Crippen molar-refractivity contribution >= 4 is 28.9 Å². The summed E-state index contributed by atoms with van der Waals surface area (Å²) in [6.45, 7) is 0. The molecule has 0 radical (unpaired) electrons. The van der Waals surface area contributed by atoms with Crippen LogP contribution in [0.4, 0.5) is 11.4 Å². The average Bonchev–Trinajstić information content (AvgIpc) is 3.06. The molecule has 0 aliphatic carbocycles. The van der Waals surface area contributed by atoms with Crippen LogP contribution < -0.4 is 15.0 Å². The zero-order valence-corrected chi connectivity index (χ0v) is 18.4. The van der Waals surface area contributed by atoms with E-state index in [1.54, 1.807) is 32.4 Å². The van der Waals surface area contributed by atoms with E-state index in [4.69, 9.17) is 21.1 Å². The smallest absolute Gasteiger partial charge is 0.340 e. The Morgan fingerprint density at radius 2 is 1.81 bits per heavy atom. The number of phenolic OH excluding ortho intramolecular Hbond substituents is 1. The third kappa shape index (κ3) is 3.15. The number of benzene rings is 3. The molecule has 7 heteroatoms. The zero-order chi connectivity index (χ0) is 22.3. The van der Waals surface area contributed by atoms with Crippen molar-refractivity contribution in [2.45, 2.75) is 5.60 Å². The van der Waals surface area contributed by atoms with Crippen LogP contribution in [0.25, 0.3) is 0 Å². The summed E-state index contributed by atoms with van der Waals surface area (Å²) in [5.41, 5.74) is 2.14. The van der Waals surface area contributed by atoms with Gasteiger partial charge in [-0.05, 0) is 24.3 Å². The highest BCUT2D eigenvalue weighted by Gasteiger charge is 2.51. The Morgan fingerprint density at radius 1 is 1.06 bits per heavy atom. The molecule has 4 rings (SSSR count). The van der Waals surface area contributed by atoms with Crippen LogP contribution in [0.3, 0.4) is 0 Å². The number of cyclic esters (lactones) is 1. The van der Waals surface area contributed by atoms with E-state index in [2.05, 4.69) is 5.32 Å². The van der Waals surface area contributed by atoms with Gasteiger partial charge in [0.25, 0.3) is 0 Å². The number of fused-ring (bicyclic) bond motifs is 1. The Hall–Kier alpha value is -3.38. The molecule has 160 valence electrons. The van der Waals surface area contributed by atoms with Crippen LogP contribution in [0.15, 0.2) is 54.6 Å². The fraction of sp³-hybridized carbons (Fsp3) is 0.208. The number of nitrogens with zero attached hydrogens (tertiary/aromatic N) is 1. The van der Waals surface area contributed by atoms with E-state index in [9.17, 15) is 9.90 Å². The van der Waals surface area contributed by atoms with Crippen LogP contribution >= 0.6 is 11.6 Å². The summed E-state index contributed by atoms with van der Waals surface area (Å²) in [4.78, 5) is 14.9. The molecule has 3 aromatic carbocycles. The maximum absolute atomic E-state index is 12.9. The van der Waals surface area contributed by atoms with Crippen LogP contribution in [-0.2, 0) is 10.3 Å². The van der Waals surface area contributed by atoms with Gasteiger partial charge in [-0.3, -0.25) is 0 Å². The van der Waals surface area contributed by atoms with Crippen LogP contribution in [-0.4, -0.2) is 39.3 Å². The lowest BCUT2D eigenvalue weighted by molar-refractivity contribution is 0.0239. The second-order valence-electron chi connectivity index (χ2n) is 7.49. The van der Waals surface area contributed by atoms with Gasteiger partial charge < -0.3 is 24.8 Å². The minimum atomic E-state index is -1.41. The molecule has 1 atom stereocenters. The number of esters is 1. The number of aromatic hydroxyl groups is 1. The third-order valence-electron chi connectivity index (χ3n) is 5.59. The first-order valence-corrected chi connectivity index (χ1v) is 10.1. The summed E-state index contributed by atoms with van der Waals surface area (Å²) < 4.78 is 11.8. The van der Waals surface area contributed by atoms with Crippen molar-refractivity contribution in [2.24, 2.45) is 0 Å². The molecule has 0 saturated heterocycles.